The molecule has 0 aliphatic carbocycles. The van der Waals surface area contributed by atoms with Crippen LogP contribution in [0.5, 0.6) is 0 Å². The van der Waals surface area contributed by atoms with Crippen molar-refractivity contribution in [2.24, 2.45) is 5.92 Å². The number of ether oxygens (including phenoxy) is 1. The minimum atomic E-state index is 0.333. The van der Waals surface area contributed by atoms with Crippen molar-refractivity contribution in [2.45, 2.75) is 33.4 Å². The number of aromatic nitrogens is 2. The molecule has 0 fully saturated rings. The monoisotopic (exact) mass is 295 g/mol. The van der Waals surface area contributed by atoms with Crippen LogP contribution in [0.1, 0.15) is 26.6 Å². The summed E-state index contributed by atoms with van der Waals surface area (Å²) in [5.41, 5.74) is 0. The lowest BCUT2D eigenvalue weighted by Gasteiger charge is -2.26. The Bertz CT molecular complexity index is 398. The molecule has 1 heterocycles. The normalized spacial score (nSPS) is 12.8. The summed E-state index contributed by atoms with van der Waals surface area (Å²) in [6.07, 6.45) is 0. The van der Waals surface area contributed by atoms with Gasteiger partial charge in [0.25, 0.3) is 0 Å². The molecule has 6 nitrogen and oxygen atoms in total. The first-order valence-electron chi connectivity index (χ1n) is 7.48. The second kappa shape index (κ2) is 8.79. The van der Waals surface area contributed by atoms with E-state index in [1.807, 2.05) is 13.0 Å². The number of likely N-dealkylation sites (N-methyl/N-ethyl adjacent to an activating group) is 1. The van der Waals surface area contributed by atoms with Crippen molar-refractivity contribution in [2.75, 3.05) is 44.9 Å². The van der Waals surface area contributed by atoms with Crippen molar-refractivity contribution < 1.29 is 4.74 Å². The van der Waals surface area contributed by atoms with Gasteiger partial charge in [-0.3, -0.25) is 0 Å². The Hall–Kier alpha value is -1.40. The quantitative estimate of drug-likeness (QED) is 0.727. The van der Waals surface area contributed by atoms with Crippen LogP contribution in [0.15, 0.2) is 6.07 Å². The molecule has 0 saturated heterocycles. The largest absolute Gasteiger partial charge is 0.377 e. The third kappa shape index (κ3) is 6.27. The van der Waals surface area contributed by atoms with Crippen molar-refractivity contribution in [1.29, 1.82) is 0 Å². The van der Waals surface area contributed by atoms with Crippen molar-refractivity contribution in [3.63, 3.8) is 0 Å². The van der Waals surface area contributed by atoms with Crippen LogP contribution in [0.2, 0.25) is 0 Å². The molecule has 0 aromatic carbocycles. The lowest BCUT2D eigenvalue weighted by Crippen LogP contribution is -2.36. The first-order valence-corrected chi connectivity index (χ1v) is 7.48. The molecule has 1 atom stereocenters. The maximum Gasteiger partial charge on any atom is 0.158 e. The van der Waals surface area contributed by atoms with Gasteiger partial charge in [0.05, 0.1) is 0 Å². The van der Waals surface area contributed by atoms with Crippen LogP contribution < -0.4 is 10.6 Å². The van der Waals surface area contributed by atoms with E-state index in [2.05, 4.69) is 53.4 Å². The zero-order chi connectivity index (χ0) is 15.8. The fraction of sp³-hybridized carbons (Fsp3) is 0.733. The molecule has 0 spiro atoms. The van der Waals surface area contributed by atoms with Crippen LogP contribution in [0, 0.1) is 5.92 Å². The van der Waals surface area contributed by atoms with E-state index in [9.17, 15) is 0 Å². The van der Waals surface area contributed by atoms with Crippen LogP contribution in [-0.2, 0) is 11.3 Å². The molecule has 1 aromatic heterocycles. The molecule has 0 aliphatic heterocycles. The highest BCUT2D eigenvalue weighted by molar-refractivity contribution is 5.48. The van der Waals surface area contributed by atoms with E-state index in [0.717, 1.165) is 24.7 Å². The fourth-order valence-corrected chi connectivity index (χ4v) is 2.04. The van der Waals surface area contributed by atoms with E-state index in [1.165, 1.54) is 0 Å². The van der Waals surface area contributed by atoms with Crippen LogP contribution in [0.3, 0.4) is 0 Å². The minimum Gasteiger partial charge on any atom is -0.377 e. The van der Waals surface area contributed by atoms with E-state index in [4.69, 9.17) is 4.74 Å². The van der Waals surface area contributed by atoms with Crippen LogP contribution in [0.25, 0.3) is 0 Å². The summed E-state index contributed by atoms with van der Waals surface area (Å²) >= 11 is 0. The molecule has 0 amide bonds. The third-order valence-electron chi connectivity index (χ3n) is 3.10. The number of rotatable bonds is 9. The summed E-state index contributed by atoms with van der Waals surface area (Å²) in [5.74, 6) is 2.87. The van der Waals surface area contributed by atoms with Gasteiger partial charge in [-0.2, -0.15) is 0 Å². The molecule has 0 radical (unpaired) electrons. The molecule has 21 heavy (non-hydrogen) atoms. The molecule has 6 heteroatoms. The molecule has 0 aliphatic rings. The van der Waals surface area contributed by atoms with Gasteiger partial charge in [0.15, 0.2) is 5.82 Å². The summed E-state index contributed by atoms with van der Waals surface area (Å²) in [5, 5.41) is 6.75. The Kier molecular flexibility index (Phi) is 7.39. The van der Waals surface area contributed by atoms with Gasteiger partial charge in [-0.05, 0) is 26.9 Å². The molecule has 0 saturated carbocycles. The Balaban J connectivity index is 2.92. The number of hydrogen-bond acceptors (Lipinski definition) is 6. The highest BCUT2D eigenvalue weighted by Gasteiger charge is 2.15. The van der Waals surface area contributed by atoms with Gasteiger partial charge in [0.2, 0.25) is 0 Å². The zero-order valence-corrected chi connectivity index (χ0v) is 14.1. The van der Waals surface area contributed by atoms with E-state index in [0.29, 0.717) is 24.4 Å². The molecule has 1 aromatic rings. The van der Waals surface area contributed by atoms with Crippen molar-refractivity contribution in [3.05, 3.63) is 11.9 Å². The molecule has 120 valence electrons. The summed E-state index contributed by atoms with van der Waals surface area (Å²) in [6, 6.07) is 2.29. The predicted molar refractivity (Wildman–Crippen MR) is 87.7 cm³/mol. The maximum absolute atomic E-state index is 5.14. The Morgan fingerprint density at radius 3 is 2.43 bits per heavy atom. The number of hydrogen-bond donors (Lipinski definition) is 2. The van der Waals surface area contributed by atoms with Gasteiger partial charge in [0.1, 0.15) is 18.2 Å². The number of nitrogens with one attached hydrogen (secondary N) is 2. The van der Waals surface area contributed by atoms with E-state index < -0.39 is 0 Å². The Labute approximate surface area is 128 Å². The van der Waals surface area contributed by atoms with Crippen molar-refractivity contribution in [3.8, 4) is 0 Å². The Morgan fingerprint density at radius 2 is 1.90 bits per heavy atom. The summed E-state index contributed by atoms with van der Waals surface area (Å²) < 4.78 is 5.14. The lowest BCUT2D eigenvalue weighted by atomic mass is 10.0. The van der Waals surface area contributed by atoms with Gasteiger partial charge >= 0.3 is 0 Å². The van der Waals surface area contributed by atoms with Crippen molar-refractivity contribution >= 4 is 11.6 Å². The van der Waals surface area contributed by atoms with Gasteiger partial charge < -0.3 is 20.3 Å². The fourth-order valence-electron chi connectivity index (χ4n) is 2.04. The molecule has 0 bridgehead atoms. The molecule has 1 rings (SSSR count). The van der Waals surface area contributed by atoms with Gasteiger partial charge in [-0.1, -0.05) is 13.8 Å². The third-order valence-corrected chi connectivity index (χ3v) is 3.10. The first kappa shape index (κ1) is 17.7. The standard InChI is InChI=1S/C15H29N5O/c1-7-16-13-8-14(19-15(18-13)10-21-6)17-12(11(2)3)9-20(4)5/h8,11-12H,7,9-10H2,1-6H3,(H2,16,17,18,19). The van der Waals surface area contributed by atoms with Crippen LogP contribution >= 0.6 is 0 Å². The minimum absolute atomic E-state index is 0.333. The van der Waals surface area contributed by atoms with E-state index >= 15 is 0 Å². The highest BCUT2D eigenvalue weighted by Crippen LogP contribution is 2.16. The predicted octanol–water partition coefficient (Wildman–Crippen LogP) is 2.05. The SMILES string of the molecule is CCNc1cc(NC(CN(C)C)C(C)C)nc(COC)n1. The van der Waals surface area contributed by atoms with E-state index in [1.54, 1.807) is 7.11 Å². The molecule has 2 N–H and O–H groups in total. The molecule has 1 unspecified atom stereocenters. The van der Waals surface area contributed by atoms with Gasteiger partial charge in [0, 0.05) is 32.3 Å². The summed E-state index contributed by atoms with van der Waals surface area (Å²) in [4.78, 5) is 11.1. The van der Waals surface area contributed by atoms with Crippen molar-refractivity contribution in [1.82, 2.24) is 14.9 Å². The molecular weight excluding hydrogens is 266 g/mol. The first-order chi connectivity index (χ1) is 9.96. The van der Waals surface area contributed by atoms with Gasteiger partial charge in [-0.25, -0.2) is 9.97 Å². The second-order valence-corrected chi connectivity index (χ2v) is 5.78. The Morgan fingerprint density at radius 1 is 1.24 bits per heavy atom. The lowest BCUT2D eigenvalue weighted by molar-refractivity contribution is 0.178. The van der Waals surface area contributed by atoms with Crippen LogP contribution in [0.4, 0.5) is 11.6 Å². The average molecular weight is 295 g/mol. The van der Waals surface area contributed by atoms with Crippen LogP contribution in [-0.4, -0.2) is 55.2 Å². The summed E-state index contributed by atoms with van der Waals surface area (Å²) in [6.45, 7) is 8.67. The smallest absolute Gasteiger partial charge is 0.158 e. The number of nitrogens with zero attached hydrogens (tertiary/aromatic N) is 3. The second-order valence-electron chi connectivity index (χ2n) is 5.78. The number of anilines is 2. The zero-order valence-electron chi connectivity index (χ0n) is 14.1. The molecular formula is C15H29N5O. The topological polar surface area (TPSA) is 62.3 Å². The highest BCUT2D eigenvalue weighted by atomic mass is 16.5. The van der Waals surface area contributed by atoms with Gasteiger partial charge in [-0.15, -0.1) is 0 Å². The maximum atomic E-state index is 5.14. The average Bonchev–Trinajstić information content (AvgIpc) is 2.38. The summed E-state index contributed by atoms with van der Waals surface area (Å²) in [7, 11) is 5.81. The number of methoxy groups -OCH3 is 1. The van der Waals surface area contributed by atoms with E-state index in [-0.39, 0.29) is 0 Å².